The molecular formula is C19H8F6O9. The molecular weight excluding hydrogens is 486 g/mol. The van der Waals surface area contributed by atoms with Crippen molar-refractivity contribution in [3.63, 3.8) is 0 Å². The first-order valence-corrected chi connectivity index (χ1v) is 8.58. The number of hydrogen-bond acceptors (Lipinski definition) is 5. The van der Waals surface area contributed by atoms with Crippen molar-refractivity contribution in [3.05, 3.63) is 57.6 Å². The maximum absolute atomic E-state index is 14.4. The Balaban J connectivity index is 2.86. The fourth-order valence-electron chi connectivity index (χ4n) is 3.89. The van der Waals surface area contributed by atoms with Crippen molar-refractivity contribution >= 4 is 23.9 Å². The summed E-state index contributed by atoms with van der Waals surface area (Å²) in [6, 6.07) is 2.52. The number of hydrogen-bond donors (Lipinski definition) is 4. The second-order valence-corrected chi connectivity index (χ2v) is 6.77. The van der Waals surface area contributed by atoms with Gasteiger partial charge in [0.2, 0.25) is 5.41 Å². The minimum atomic E-state index is -6.44. The average Bonchev–Trinajstić information content (AvgIpc) is 2.67. The van der Waals surface area contributed by atoms with Gasteiger partial charge in [0.05, 0.1) is 16.7 Å². The molecule has 1 aliphatic rings. The molecule has 0 bridgehead atoms. The van der Waals surface area contributed by atoms with Crippen LogP contribution in [-0.4, -0.2) is 56.7 Å². The Morgan fingerprint density at radius 1 is 0.676 bits per heavy atom. The summed E-state index contributed by atoms with van der Waals surface area (Å²) in [5.74, 6) is -13.4. The summed E-state index contributed by atoms with van der Waals surface area (Å²) in [4.78, 5) is 47.2. The Labute approximate surface area is 182 Å². The van der Waals surface area contributed by atoms with Crippen LogP contribution in [0.2, 0.25) is 0 Å². The molecule has 0 aliphatic carbocycles. The molecule has 15 heteroatoms. The van der Waals surface area contributed by atoms with Gasteiger partial charge >= 0.3 is 36.2 Å². The van der Waals surface area contributed by atoms with E-state index in [1.807, 2.05) is 0 Å². The van der Waals surface area contributed by atoms with Crippen molar-refractivity contribution in [2.75, 3.05) is 0 Å². The lowest BCUT2D eigenvalue weighted by atomic mass is 9.67. The van der Waals surface area contributed by atoms with E-state index in [4.69, 9.17) is 4.74 Å². The predicted octanol–water partition coefficient (Wildman–Crippen LogP) is 4.00. The van der Waals surface area contributed by atoms with E-state index < -0.39 is 86.5 Å². The molecule has 0 saturated heterocycles. The molecule has 0 fully saturated rings. The van der Waals surface area contributed by atoms with Crippen LogP contribution in [0.4, 0.5) is 26.3 Å². The Morgan fingerprint density at radius 3 is 1.50 bits per heavy atom. The van der Waals surface area contributed by atoms with Gasteiger partial charge in [-0.3, -0.25) is 0 Å². The van der Waals surface area contributed by atoms with Crippen LogP contribution >= 0.6 is 0 Å². The van der Waals surface area contributed by atoms with Gasteiger partial charge in [-0.05, 0) is 6.07 Å². The van der Waals surface area contributed by atoms with Gasteiger partial charge in [-0.15, -0.1) is 0 Å². The second kappa shape index (κ2) is 7.36. The van der Waals surface area contributed by atoms with E-state index >= 15 is 0 Å². The molecule has 0 radical (unpaired) electrons. The minimum absolute atomic E-state index is 0.289. The molecule has 0 aromatic heterocycles. The molecule has 34 heavy (non-hydrogen) atoms. The zero-order valence-electron chi connectivity index (χ0n) is 15.9. The van der Waals surface area contributed by atoms with E-state index in [0.717, 1.165) is 12.1 Å². The largest absolute Gasteiger partial charge is 0.478 e. The molecule has 0 spiro atoms. The Morgan fingerprint density at radius 2 is 1.09 bits per heavy atom. The molecule has 0 amide bonds. The lowest BCUT2D eigenvalue weighted by molar-refractivity contribution is -0.290. The van der Waals surface area contributed by atoms with Gasteiger partial charge in [0.15, 0.2) is 0 Å². The number of halogens is 6. The number of para-hydroxylation sites is 1. The molecule has 1 aliphatic heterocycles. The third-order valence-electron chi connectivity index (χ3n) is 5.04. The highest BCUT2D eigenvalue weighted by atomic mass is 19.4. The molecule has 3 rings (SSSR count). The third kappa shape index (κ3) is 3.03. The summed E-state index contributed by atoms with van der Waals surface area (Å²) in [5, 5.41) is 37.8. The molecule has 0 unspecified atom stereocenters. The van der Waals surface area contributed by atoms with Gasteiger partial charge in [-0.1, -0.05) is 18.2 Å². The molecule has 1 heterocycles. The first-order chi connectivity index (χ1) is 15.5. The molecule has 0 atom stereocenters. The fourth-order valence-corrected chi connectivity index (χ4v) is 3.89. The number of rotatable bonds is 4. The number of aromatic carboxylic acids is 4. The van der Waals surface area contributed by atoms with E-state index in [1.54, 1.807) is 0 Å². The van der Waals surface area contributed by atoms with Gasteiger partial charge < -0.3 is 25.2 Å². The topological polar surface area (TPSA) is 158 Å². The average molecular weight is 494 g/mol. The number of carboxylic acids is 4. The van der Waals surface area contributed by atoms with Crippen molar-refractivity contribution in [2.45, 2.75) is 17.8 Å². The molecule has 0 saturated carbocycles. The number of ether oxygens (including phenoxy) is 1. The molecule has 4 N–H and O–H groups in total. The third-order valence-corrected chi connectivity index (χ3v) is 5.04. The van der Waals surface area contributed by atoms with Crippen LogP contribution in [-0.2, 0) is 5.41 Å². The molecule has 9 nitrogen and oxygen atoms in total. The van der Waals surface area contributed by atoms with E-state index in [2.05, 4.69) is 0 Å². The van der Waals surface area contributed by atoms with Gasteiger partial charge in [0.25, 0.3) is 0 Å². The zero-order chi connectivity index (χ0) is 26.0. The summed E-state index contributed by atoms with van der Waals surface area (Å²) in [6.45, 7) is 0. The summed E-state index contributed by atoms with van der Waals surface area (Å²) in [5.41, 5.74) is -17.6. The van der Waals surface area contributed by atoms with E-state index in [0.29, 0.717) is 6.07 Å². The van der Waals surface area contributed by atoms with Crippen molar-refractivity contribution in [2.24, 2.45) is 0 Å². The number of fused-ring (bicyclic) bond motifs is 2. The monoisotopic (exact) mass is 494 g/mol. The molecule has 2 aromatic carbocycles. The number of carboxylic acid groups (broad SMARTS) is 4. The maximum atomic E-state index is 14.4. The van der Waals surface area contributed by atoms with Crippen molar-refractivity contribution in [3.8, 4) is 11.5 Å². The minimum Gasteiger partial charge on any atom is -0.478 e. The van der Waals surface area contributed by atoms with Gasteiger partial charge in [0.1, 0.15) is 17.1 Å². The molecule has 180 valence electrons. The van der Waals surface area contributed by atoms with Crippen molar-refractivity contribution in [1.29, 1.82) is 0 Å². The number of alkyl halides is 6. The number of carbonyl (C=O) groups is 4. The summed E-state index contributed by atoms with van der Waals surface area (Å²) in [6.07, 6.45) is -12.9. The van der Waals surface area contributed by atoms with E-state index in [-0.39, 0.29) is 6.07 Å². The first kappa shape index (κ1) is 24.3. The lowest BCUT2D eigenvalue weighted by Gasteiger charge is -2.43. The highest BCUT2D eigenvalue weighted by Gasteiger charge is 2.76. The highest BCUT2D eigenvalue weighted by molar-refractivity contribution is 6.16. The normalized spacial score (nSPS) is 14.4. The fraction of sp³-hybridized carbons (Fsp3) is 0.158. The lowest BCUT2D eigenvalue weighted by Crippen LogP contribution is -2.57. The Bertz CT molecular complexity index is 1260. The SMILES string of the molecule is O=C(O)c1c2c(c(C(=O)O)c(C(=O)O)c1C(=O)O)C(C(F)(F)F)(C(F)(F)F)c1ccccc1O2. The maximum Gasteiger partial charge on any atom is 0.411 e. The Kier molecular flexibility index (Phi) is 5.27. The predicted molar refractivity (Wildman–Crippen MR) is 93.7 cm³/mol. The zero-order valence-corrected chi connectivity index (χ0v) is 15.9. The van der Waals surface area contributed by atoms with Crippen LogP contribution in [0.3, 0.4) is 0 Å². The summed E-state index contributed by atoms with van der Waals surface area (Å²) >= 11 is 0. The van der Waals surface area contributed by atoms with Crippen LogP contribution in [0, 0.1) is 0 Å². The first-order valence-electron chi connectivity index (χ1n) is 8.58. The second-order valence-electron chi connectivity index (χ2n) is 6.77. The van der Waals surface area contributed by atoms with Gasteiger partial charge in [-0.25, -0.2) is 19.2 Å². The smallest absolute Gasteiger partial charge is 0.411 e. The number of benzene rings is 2. The van der Waals surface area contributed by atoms with Crippen LogP contribution in [0.15, 0.2) is 24.3 Å². The van der Waals surface area contributed by atoms with Gasteiger partial charge in [0, 0.05) is 11.1 Å². The quantitative estimate of drug-likeness (QED) is 0.461. The Hall–Kier alpha value is -4.30. The van der Waals surface area contributed by atoms with E-state index in [1.165, 1.54) is 0 Å². The van der Waals surface area contributed by atoms with Crippen molar-refractivity contribution in [1.82, 2.24) is 0 Å². The summed E-state index contributed by atoms with van der Waals surface area (Å²) < 4.78 is 91.6. The van der Waals surface area contributed by atoms with Gasteiger partial charge in [-0.2, -0.15) is 26.3 Å². The molecule has 2 aromatic rings. The highest BCUT2D eigenvalue weighted by Crippen LogP contribution is 2.64. The van der Waals surface area contributed by atoms with Crippen LogP contribution in [0.1, 0.15) is 52.6 Å². The van der Waals surface area contributed by atoms with Crippen LogP contribution in [0.25, 0.3) is 0 Å². The summed E-state index contributed by atoms with van der Waals surface area (Å²) in [7, 11) is 0. The van der Waals surface area contributed by atoms with Crippen LogP contribution in [0.5, 0.6) is 11.5 Å². The van der Waals surface area contributed by atoms with Crippen LogP contribution < -0.4 is 4.74 Å². The van der Waals surface area contributed by atoms with Crippen molar-refractivity contribution < 1.29 is 70.7 Å². The standard InChI is InChI=1S/C19H8F6O9/c20-18(21,22)17(19(23,24)25)5-3-1-2-4-6(5)34-12-10(16(32)33)8(14(28)29)7(13(26)27)9(11(12)17)15(30)31/h1-4H,(H,26,27)(H,28,29)(H,30,31)(H,32,33). The van der Waals surface area contributed by atoms with E-state index in [9.17, 15) is 65.9 Å².